The molecule has 1 atom stereocenters. The van der Waals surface area contributed by atoms with E-state index >= 15 is 0 Å². The molecule has 0 aromatic rings. The van der Waals surface area contributed by atoms with Crippen LogP contribution in [0.4, 0.5) is 0 Å². The molecule has 0 bridgehead atoms. The average Bonchev–Trinajstić information content (AvgIpc) is 2.26. The fourth-order valence-corrected chi connectivity index (χ4v) is 3.47. The first-order valence-corrected chi connectivity index (χ1v) is 7.68. The lowest BCUT2D eigenvalue weighted by atomic mass is 10.00. The summed E-state index contributed by atoms with van der Waals surface area (Å²) in [5.41, 5.74) is 0. The van der Waals surface area contributed by atoms with Crippen LogP contribution >= 0.6 is 0 Å². The molecule has 1 unspecified atom stereocenters. The van der Waals surface area contributed by atoms with Gasteiger partial charge in [-0.05, 0) is 45.7 Å². The number of hydrogen-bond donors (Lipinski definition) is 1. The van der Waals surface area contributed by atoms with Gasteiger partial charge in [0.05, 0.1) is 5.25 Å². The van der Waals surface area contributed by atoms with Gasteiger partial charge in [0.1, 0.15) is 0 Å². The first-order valence-electron chi connectivity index (χ1n) is 6.18. The molecule has 16 heavy (non-hydrogen) atoms. The summed E-state index contributed by atoms with van der Waals surface area (Å²) in [6.07, 6.45) is 2.12. The molecule has 1 fully saturated rings. The molecular weight excluding hydrogens is 224 g/mol. The van der Waals surface area contributed by atoms with Crippen molar-refractivity contribution >= 4 is 10.0 Å². The Balaban J connectivity index is 2.57. The lowest BCUT2D eigenvalue weighted by molar-refractivity contribution is 0.260. The van der Waals surface area contributed by atoms with E-state index in [0.717, 1.165) is 25.9 Å². The van der Waals surface area contributed by atoms with Crippen LogP contribution in [0, 0.1) is 5.92 Å². The van der Waals surface area contributed by atoms with Crippen molar-refractivity contribution in [3.63, 3.8) is 0 Å². The molecule has 0 saturated carbocycles. The summed E-state index contributed by atoms with van der Waals surface area (Å²) < 4.78 is 25.7. The third kappa shape index (κ3) is 3.43. The van der Waals surface area contributed by atoms with E-state index in [9.17, 15) is 8.42 Å². The summed E-state index contributed by atoms with van der Waals surface area (Å²) in [4.78, 5) is 0. The van der Waals surface area contributed by atoms with Gasteiger partial charge >= 0.3 is 0 Å². The summed E-state index contributed by atoms with van der Waals surface area (Å²) in [6, 6.07) is 0. The Labute approximate surface area is 99.5 Å². The van der Waals surface area contributed by atoms with Crippen molar-refractivity contribution in [2.75, 3.05) is 26.2 Å². The summed E-state index contributed by atoms with van der Waals surface area (Å²) in [5, 5.41) is 3.00. The smallest absolute Gasteiger partial charge is 0.216 e. The summed E-state index contributed by atoms with van der Waals surface area (Å²) >= 11 is 0. The van der Waals surface area contributed by atoms with E-state index in [0.29, 0.717) is 19.0 Å². The maximum atomic E-state index is 12.0. The van der Waals surface area contributed by atoms with Gasteiger partial charge < -0.3 is 5.32 Å². The molecule has 0 spiro atoms. The van der Waals surface area contributed by atoms with Crippen molar-refractivity contribution < 1.29 is 8.42 Å². The van der Waals surface area contributed by atoms with Crippen LogP contribution in [0.5, 0.6) is 0 Å². The maximum Gasteiger partial charge on any atom is 0.216 e. The van der Waals surface area contributed by atoms with E-state index in [4.69, 9.17) is 0 Å². The Morgan fingerprint density at radius 1 is 1.44 bits per heavy atom. The maximum absolute atomic E-state index is 12.0. The Hall–Kier alpha value is -0.130. The minimum Gasteiger partial charge on any atom is -0.317 e. The number of nitrogens with zero attached hydrogens (tertiary/aromatic N) is 1. The zero-order valence-corrected chi connectivity index (χ0v) is 11.4. The molecule has 1 aliphatic rings. The van der Waals surface area contributed by atoms with Gasteiger partial charge in [-0.1, -0.05) is 6.92 Å². The zero-order valence-electron chi connectivity index (χ0n) is 10.6. The van der Waals surface area contributed by atoms with E-state index in [-0.39, 0.29) is 5.25 Å². The van der Waals surface area contributed by atoms with E-state index in [1.54, 1.807) is 18.2 Å². The lowest BCUT2D eigenvalue weighted by Gasteiger charge is -2.33. The van der Waals surface area contributed by atoms with E-state index in [1.165, 1.54) is 0 Å². The molecule has 0 radical (unpaired) electrons. The third-order valence-corrected chi connectivity index (χ3v) is 5.36. The van der Waals surface area contributed by atoms with Crippen molar-refractivity contribution in [2.45, 2.75) is 38.9 Å². The standard InChI is InChI=1S/C11H24N2O2S/c1-4-12-8-11-6-5-7-13(9-11)16(14,15)10(2)3/h10-12H,4-9H2,1-3H3. The summed E-state index contributed by atoms with van der Waals surface area (Å²) in [7, 11) is -3.05. The largest absolute Gasteiger partial charge is 0.317 e. The monoisotopic (exact) mass is 248 g/mol. The van der Waals surface area contributed by atoms with Gasteiger partial charge in [-0.3, -0.25) is 0 Å². The second kappa shape index (κ2) is 5.98. The Bertz CT molecular complexity index is 301. The van der Waals surface area contributed by atoms with Crippen molar-refractivity contribution in [2.24, 2.45) is 5.92 Å². The van der Waals surface area contributed by atoms with Crippen LogP contribution in [0.3, 0.4) is 0 Å². The molecule has 5 heteroatoms. The highest BCUT2D eigenvalue weighted by atomic mass is 32.2. The van der Waals surface area contributed by atoms with Gasteiger partial charge in [0.25, 0.3) is 0 Å². The highest BCUT2D eigenvalue weighted by Gasteiger charge is 2.30. The zero-order chi connectivity index (χ0) is 12.2. The molecule has 0 amide bonds. The first-order chi connectivity index (χ1) is 7.48. The molecule has 4 nitrogen and oxygen atoms in total. The number of rotatable bonds is 5. The topological polar surface area (TPSA) is 49.4 Å². The van der Waals surface area contributed by atoms with Gasteiger partial charge in [-0.25, -0.2) is 12.7 Å². The second-order valence-corrected chi connectivity index (χ2v) is 7.26. The van der Waals surface area contributed by atoms with Crippen LogP contribution in [0.25, 0.3) is 0 Å². The molecule has 1 heterocycles. The average molecular weight is 248 g/mol. The highest BCUT2D eigenvalue weighted by Crippen LogP contribution is 2.20. The third-order valence-electron chi connectivity index (χ3n) is 3.12. The van der Waals surface area contributed by atoms with Gasteiger partial charge in [0, 0.05) is 13.1 Å². The SMILES string of the molecule is CCNCC1CCCN(S(=O)(=O)C(C)C)C1. The number of hydrogen-bond acceptors (Lipinski definition) is 3. The van der Waals surface area contributed by atoms with E-state index in [2.05, 4.69) is 12.2 Å². The van der Waals surface area contributed by atoms with Crippen LogP contribution in [0.1, 0.15) is 33.6 Å². The lowest BCUT2D eigenvalue weighted by Crippen LogP contribution is -2.45. The molecular formula is C11H24N2O2S. The Kier molecular flexibility index (Phi) is 5.21. The minimum atomic E-state index is -3.05. The van der Waals surface area contributed by atoms with Crippen molar-refractivity contribution in [3.05, 3.63) is 0 Å². The van der Waals surface area contributed by atoms with E-state index in [1.807, 2.05) is 0 Å². The summed E-state index contributed by atoms with van der Waals surface area (Å²) in [5.74, 6) is 0.474. The Morgan fingerprint density at radius 3 is 2.69 bits per heavy atom. The van der Waals surface area contributed by atoms with Crippen molar-refractivity contribution in [1.82, 2.24) is 9.62 Å². The second-order valence-electron chi connectivity index (χ2n) is 4.77. The molecule has 1 rings (SSSR count). The molecule has 96 valence electrons. The van der Waals surface area contributed by atoms with Crippen molar-refractivity contribution in [1.29, 1.82) is 0 Å². The first kappa shape index (κ1) is 13.9. The fraction of sp³-hybridized carbons (Fsp3) is 1.00. The van der Waals surface area contributed by atoms with Crippen LogP contribution < -0.4 is 5.32 Å². The minimum absolute atomic E-state index is 0.301. The van der Waals surface area contributed by atoms with Crippen LogP contribution in [0.2, 0.25) is 0 Å². The van der Waals surface area contributed by atoms with Gasteiger partial charge in [0.15, 0.2) is 0 Å². The number of sulfonamides is 1. The highest BCUT2D eigenvalue weighted by molar-refractivity contribution is 7.89. The number of nitrogens with one attached hydrogen (secondary N) is 1. The molecule has 0 aliphatic carbocycles. The summed E-state index contributed by atoms with van der Waals surface area (Å²) in [6.45, 7) is 8.85. The van der Waals surface area contributed by atoms with Gasteiger partial charge in [-0.15, -0.1) is 0 Å². The predicted octanol–water partition coefficient (Wildman–Crippen LogP) is 1.05. The predicted molar refractivity (Wildman–Crippen MR) is 66.9 cm³/mol. The fourth-order valence-electron chi connectivity index (χ4n) is 2.07. The van der Waals surface area contributed by atoms with Gasteiger partial charge in [-0.2, -0.15) is 0 Å². The van der Waals surface area contributed by atoms with Gasteiger partial charge in [0.2, 0.25) is 10.0 Å². The van der Waals surface area contributed by atoms with Crippen LogP contribution in [-0.4, -0.2) is 44.2 Å². The quantitative estimate of drug-likeness (QED) is 0.791. The molecule has 0 aromatic heterocycles. The molecule has 0 aromatic carbocycles. The molecule has 1 saturated heterocycles. The number of piperidine rings is 1. The Morgan fingerprint density at radius 2 is 2.12 bits per heavy atom. The van der Waals surface area contributed by atoms with Crippen LogP contribution in [0.15, 0.2) is 0 Å². The molecule has 1 aliphatic heterocycles. The van der Waals surface area contributed by atoms with Crippen molar-refractivity contribution in [3.8, 4) is 0 Å². The van der Waals surface area contributed by atoms with Crippen LogP contribution in [-0.2, 0) is 10.0 Å². The normalized spacial score (nSPS) is 23.9. The van der Waals surface area contributed by atoms with E-state index < -0.39 is 10.0 Å². The molecule has 1 N–H and O–H groups in total.